The molecule has 3 nitrogen and oxygen atoms in total. The second-order valence-corrected chi connectivity index (χ2v) is 4.44. The molecule has 2 atom stereocenters. The topological polar surface area (TPSA) is 61.3 Å². The molecule has 0 aromatic heterocycles. The maximum absolute atomic E-state index is 6.20. The van der Waals surface area contributed by atoms with Crippen molar-refractivity contribution in [1.29, 1.82) is 0 Å². The van der Waals surface area contributed by atoms with Gasteiger partial charge < -0.3 is 16.2 Å². The van der Waals surface area contributed by atoms with Gasteiger partial charge in [0.05, 0.1) is 7.11 Å². The van der Waals surface area contributed by atoms with Gasteiger partial charge in [-0.25, -0.2) is 0 Å². The van der Waals surface area contributed by atoms with E-state index in [4.69, 9.17) is 16.2 Å². The zero-order valence-corrected chi connectivity index (χ0v) is 10.6. The zero-order chi connectivity index (χ0) is 12.3. The number of nitrogens with two attached hydrogens (primary N) is 2. The molecule has 1 aromatic rings. The van der Waals surface area contributed by atoms with Crippen LogP contribution in [0.25, 0.3) is 0 Å². The van der Waals surface area contributed by atoms with Gasteiger partial charge in [-0.15, -0.1) is 0 Å². The third-order valence-corrected chi connectivity index (χ3v) is 3.00. The first-order valence-corrected chi connectivity index (χ1v) is 5.62. The van der Waals surface area contributed by atoms with Crippen molar-refractivity contribution in [2.45, 2.75) is 26.8 Å². The maximum atomic E-state index is 6.20. The van der Waals surface area contributed by atoms with E-state index in [1.165, 1.54) is 5.56 Å². The average Bonchev–Trinajstić information content (AvgIpc) is 2.26. The molecule has 90 valence electrons. The van der Waals surface area contributed by atoms with Crippen LogP contribution in [0, 0.1) is 19.8 Å². The highest BCUT2D eigenvalue weighted by molar-refractivity contribution is 5.45. The molecule has 0 radical (unpaired) electrons. The minimum absolute atomic E-state index is 0.0708. The molecular weight excluding hydrogens is 200 g/mol. The molecular formula is C13H22N2O. The predicted molar refractivity (Wildman–Crippen MR) is 67.6 cm³/mol. The number of ether oxygens (including phenoxy) is 1. The summed E-state index contributed by atoms with van der Waals surface area (Å²) in [5.74, 6) is 1.13. The molecule has 3 heteroatoms. The van der Waals surface area contributed by atoms with Crippen LogP contribution in [0.5, 0.6) is 5.75 Å². The lowest BCUT2D eigenvalue weighted by atomic mass is 9.92. The summed E-state index contributed by atoms with van der Waals surface area (Å²) in [7, 11) is 1.68. The predicted octanol–water partition coefficient (Wildman–Crippen LogP) is 1.91. The fraction of sp³-hybridized carbons (Fsp3) is 0.538. The normalized spacial score (nSPS) is 14.6. The van der Waals surface area contributed by atoms with Crippen molar-refractivity contribution in [1.82, 2.24) is 0 Å². The van der Waals surface area contributed by atoms with E-state index < -0.39 is 0 Å². The van der Waals surface area contributed by atoms with Crippen LogP contribution in [-0.2, 0) is 0 Å². The van der Waals surface area contributed by atoms with E-state index >= 15 is 0 Å². The van der Waals surface area contributed by atoms with Crippen molar-refractivity contribution >= 4 is 0 Å². The van der Waals surface area contributed by atoms with Gasteiger partial charge in [0.1, 0.15) is 5.75 Å². The summed E-state index contributed by atoms with van der Waals surface area (Å²) in [6.07, 6.45) is 0. The van der Waals surface area contributed by atoms with Crippen molar-refractivity contribution < 1.29 is 4.74 Å². The number of hydrogen-bond acceptors (Lipinski definition) is 3. The fourth-order valence-corrected chi connectivity index (χ4v) is 1.97. The lowest BCUT2D eigenvalue weighted by molar-refractivity contribution is 0.390. The molecule has 0 fully saturated rings. The minimum atomic E-state index is -0.0708. The van der Waals surface area contributed by atoms with Crippen LogP contribution in [-0.4, -0.2) is 13.7 Å². The highest BCUT2D eigenvalue weighted by atomic mass is 16.5. The van der Waals surface area contributed by atoms with Gasteiger partial charge in [-0.05, 0) is 31.9 Å². The molecule has 0 saturated heterocycles. The van der Waals surface area contributed by atoms with Crippen molar-refractivity contribution in [3.8, 4) is 5.75 Å². The van der Waals surface area contributed by atoms with Crippen LogP contribution in [0.15, 0.2) is 12.1 Å². The summed E-state index contributed by atoms with van der Waals surface area (Å²) in [6, 6.07) is 4.11. The molecule has 0 aliphatic carbocycles. The lowest BCUT2D eigenvalue weighted by Gasteiger charge is -2.22. The van der Waals surface area contributed by atoms with Crippen molar-refractivity contribution in [3.63, 3.8) is 0 Å². The number of hydrogen-bond donors (Lipinski definition) is 2. The SMILES string of the molecule is COc1c(C)cc(C)cc1C(N)C(C)CN. The Morgan fingerprint density at radius 3 is 2.44 bits per heavy atom. The molecule has 0 amide bonds. The highest BCUT2D eigenvalue weighted by Gasteiger charge is 2.19. The Labute approximate surface area is 97.8 Å². The third-order valence-electron chi connectivity index (χ3n) is 3.00. The highest BCUT2D eigenvalue weighted by Crippen LogP contribution is 2.32. The minimum Gasteiger partial charge on any atom is -0.496 e. The summed E-state index contributed by atoms with van der Waals surface area (Å²) < 4.78 is 5.43. The molecule has 0 bridgehead atoms. The second kappa shape index (κ2) is 5.32. The first kappa shape index (κ1) is 13.0. The molecule has 2 unspecified atom stereocenters. The van der Waals surface area contributed by atoms with E-state index in [2.05, 4.69) is 26.0 Å². The van der Waals surface area contributed by atoms with Gasteiger partial charge in [-0.3, -0.25) is 0 Å². The standard InChI is InChI=1S/C13H22N2O/c1-8-5-9(2)13(16-4)11(6-8)12(15)10(3)7-14/h5-6,10,12H,7,14-15H2,1-4H3. The van der Waals surface area contributed by atoms with E-state index in [9.17, 15) is 0 Å². The van der Waals surface area contributed by atoms with Gasteiger partial charge in [0.25, 0.3) is 0 Å². The Morgan fingerprint density at radius 2 is 1.94 bits per heavy atom. The van der Waals surface area contributed by atoms with Gasteiger partial charge in [0.2, 0.25) is 0 Å². The van der Waals surface area contributed by atoms with Crippen LogP contribution in [0.3, 0.4) is 0 Å². The van der Waals surface area contributed by atoms with E-state index in [-0.39, 0.29) is 12.0 Å². The summed E-state index contributed by atoms with van der Waals surface area (Å²) in [5.41, 5.74) is 15.2. The number of methoxy groups -OCH3 is 1. The van der Waals surface area contributed by atoms with Gasteiger partial charge in [-0.2, -0.15) is 0 Å². The van der Waals surface area contributed by atoms with E-state index in [0.717, 1.165) is 16.9 Å². The largest absolute Gasteiger partial charge is 0.496 e. The Hall–Kier alpha value is -1.06. The summed E-state index contributed by atoms with van der Waals surface area (Å²) in [5, 5.41) is 0. The molecule has 4 N–H and O–H groups in total. The fourth-order valence-electron chi connectivity index (χ4n) is 1.97. The van der Waals surface area contributed by atoms with Gasteiger partial charge in [0.15, 0.2) is 0 Å². The summed E-state index contributed by atoms with van der Waals surface area (Å²) in [6.45, 7) is 6.74. The smallest absolute Gasteiger partial charge is 0.126 e. The van der Waals surface area contributed by atoms with Crippen LogP contribution in [0.4, 0.5) is 0 Å². The van der Waals surface area contributed by atoms with E-state index in [1.54, 1.807) is 7.11 Å². The van der Waals surface area contributed by atoms with Crippen LogP contribution in [0.2, 0.25) is 0 Å². The number of benzene rings is 1. The molecule has 0 saturated carbocycles. The van der Waals surface area contributed by atoms with Crippen LogP contribution < -0.4 is 16.2 Å². The second-order valence-electron chi connectivity index (χ2n) is 4.44. The Balaban J connectivity index is 3.20. The van der Waals surface area contributed by atoms with Crippen molar-refractivity contribution in [3.05, 3.63) is 28.8 Å². The Bertz CT molecular complexity index is 363. The first-order chi connectivity index (χ1) is 7.51. The summed E-state index contributed by atoms with van der Waals surface area (Å²) >= 11 is 0. The zero-order valence-electron chi connectivity index (χ0n) is 10.6. The average molecular weight is 222 g/mol. The van der Waals surface area contributed by atoms with E-state index in [0.29, 0.717) is 6.54 Å². The van der Waals surface area contributed by atoms with Gasteiger partial charge in [-0.1, -0.05) is 24.6 Å². The maximum Gasteiger partial charge on any atom is 0.126 e. The molecule has 0 aliphatic rings. The van der Waals surface area contributed by atoms with Crippen LogP contribution >= 0.6 is 0 Å². The Morgan fingerprint density at radius 1 is 1.31 bits per heavy atom. The molecule has 16 heavy (non-hydrogen) atoms. The molecule has 0 heterocycles. The van der Waals surface area contributed by atoms with Crippen LogP contribution in [0.1, 0.15) is 29.7 Å². The van der Waals surface area contributed by atoms with Gasteiger partial charge in [0, 0.05) is 11.6 Å². The number of rotatable bonds is 4. The first-order valence-electron chi connectivity index (χ1n) is 5.62. The quantitative estimate of drug-likeness (QED) is 0.818. The van der Waals surface area contributed by atoms with Gasteiger partial charge >= 0.3 is 0 Å². The molecule has 0 spiro atoms. The molecule has 0 aliphatic heterocycles. The van der Waals surface area contributed by atoms with E-state index in [1.807, 2.05) is 6.92 Å². The number of aryl methyl sites for hydroxylation is 2. The van der Waals surface area contributed by atoms with Crippen molar-refractivity contribution in [2.24, 2.45) is 17.4 Å². The third kappa shape index (κ3) is 2.54. The Kier molecular flexibility index (Phi) is 4.33. The summed E-state index contributed by atoms with van der Waals surface area (Å²) in [4.78, 5) is 0. The molecule has 1 aromatic carbocycles. The molecule has 1 rings (SSSR count). The van der Waals surface area contributed by atoms with Crippen molar-refractivity contribution in [2.75, 3.05) is 13.7 Å². The lowest BCUT2D eigenvalue weighted by Crippen LogP contribution is -2.26. The monoisotopic (exact) mass is 222 g/mol.